The third-order valence-electron chi connectivity index (χ3n) is 6.27. The fourth-order valence-corrected chi connectivity index (χ4v) is 4.57. The van der Waals surface area contributed by atoms with Crippen LogP contribution in [0.5, 0.6) is 0 Å². The van der Waals surface area contributed by atoms with Gasteiger partial charge in [-0.05, 0) is 38.0 Å². The number of halogens is 3. The minimum absolute atomic E-state index is 0.00544. The van der Waals surface area contributed by atoms with Gasteiger partial charge >= 0.3 is 0 Å². The van der Waals surface area contributed by atoms with Crippen LogP contribution in [-0.2, 0) is 12.1 Å². The van der Waals surface area contributed by atoms with Crippen molar-refractivity contribution in [3.8, 4) is 0 Å². The number of aliphatic hydroxyl groups is 1. The number of anilines is 1. The number of aromatic nitrogens is 3. The fraction of sp³-hybridized carbons (Fsp3) is 0.391. The highest BCUT2D eigenvalue weighted by molar-refractivity contribution is 6.33. The molecule has 0 radical (unpaired) electrons. The van der Waals surface area contributed by atoms with Crippen molar-refractivity contribution in [3.63, 3.8) is 0 Å². The Labute approximate surface area is 190 Å². The summed E-state index contributed by atoms with van der Waals surface area (Å²) in [6.07, 6.45) is 4.50. The fourth-order valence-electron chi connectivity index (χ4n) is 4.38. The summed E-state index contributed by atoms with van der Waals surface area (Å²) in [6.45, 7) is 3.26. The Hall–Kier alpha value is -2.55. The van der Waals surface area contributed by atoms with Crippen molar-refractivity contribution >= 4 is 17.3 Å². The predicted molar refractivity (Wildman–Crippen MR) is 119 cm³/mol. The van der Waals surface area contributed by atoms with Crippen LogP contribution in [0.4, 0.5) is 14.5 Å². The summed E-state index contributed by atoms with van der Waals surface area (Å²) in [5.74, 6) is -1.47. The first kappa shape index (κ1) is 22.6. The van der Waals surface area contributed by atoms with Crippen molar-refractivity contribution in [3.05, 3.63) is 77.3 Å². The molecule has 4 rings (SSSR count). The van der Waals surface area contributed by atoms with E-state index >= 15 is 0 Å². The maximum Gasteiger partial charge on any atom is 0.137 e. The van der Waals surface area contributed by atoms with Crippen LogP contribution >= 0.6 is 11.6 Å². The molecule has 1 aromatic heterocycles. The number of hydrogen-bond donors (Lipinski definition) is 2. The summed E-state index contributed by atoms with van der Waals surface area (Å²) in [7, 11) is 0. The Kier molecular flexibility index (Phi) is 6.74. The van der Waals surface area contributed by atoms with E-state index in [0.717, 1.165) is 30.7 Å². The third-order valence-corrected chi connectivity index (χ3v) is 6.60. The Morgan fingerprint density at radius 3 is 2.62 bits per heavy atom. The summed E-state index contributed by atoms with van der Waals surface area (Å²) in [5.41, 5.74) is -0.691. The molecule has 2 aromatic carbocycles. The topological polar surface area (TPSA) is 66.2 Å². The van der Waals surface area contributed by atoms with Gasteiger partial charge < -0.3 is 10.4 Å². The zero-order valence-electron chi connectivity index (χ0n) is 17.8. The molecule has 6 nitrogen and oxygen atoms in total. The molecule has 2 N–H and O–H groups in total. The number of piperidine rings is 1. The Morgan fingerprint density at radius 2 is 1.97 bits per heavy atom. The van der Waals surface area contributed by atoms with Crippen LogP contribution in [0.1, 0.15) is 25.3 Å². The first-order valence-electron chi connectivity index (χ1n) is 10.6. The van der Waals surface area contributed by atoms with E-state index in [1.807, 2.05) is 31.2 Å². The van der Waals surface area contributed by atoms with Gasteiger partial charge in [0.15, 0.2) is 0 Å². The van der Waals surface area contributed by atoms with E-state index in [2.05, 4.69) is 20.3 Å². The van der Waals surface area contributed by atoms with E-state index in [9.17, 15) is 13.9 Å². The lowest BCUT2D eigenvalue weighted by Gasteiger charge is -2.44. The van der Waals surface area contributed by atoms with Gasteiger partial charge in [0.25, 0.3) is 0 Å². The molecule has 0 spiro atoms. The Balaban J connectivity index is 1.51. The van der Waals surface area contributed by atoms with Crippen molar-refractivity contribution < 1.29 is 13.9 Å². The average Bonchev–Trinajstić information content (AvgIpc) is 3.28. The van der Waals surface area contributed by atoms with Crippen LogP contribution in [0.3, 0.4) is 0 Å². The summed E-state index contributed by atoms with van der Waals surface area (Å²) < 4.78 is 29.8. The van der Waals surface area contributed by atoms with Crippen molar-refractivity contribution in [2.24, 2.45) is 0 Å². The number of nitrogens with one attached hydrogen (secondary N) is 1. The van der Waals surface area contributed by atoms with Gasteiger partial charge in [-0.3, -0.25) is 4.90 Å². The highest BCUT2D eigenvalue weighted by atomic mass is 35.5. The second kappa shape index (κ2) is 9.52. The molecule has 1 saturated heterocycles. The molecule has 170 valence electrons. The molecule has 0 bridgehead atoms. The first-order valence-corrected chi connectivity index (χ1v) is 11.0. The summed E-state index contributed by atoms with van der Waals surface area (Å²) in [6, 6.07) is 10.7. The van der Waals surface area contributed by atoms with E-state index in [4.69, 9.17) is 11.6 Å². The van der Waals surface area contributed by atoms with Crippen LogP contribution in [0.25, 0.3) is 0 Å². The number of likely N-dealkylation sites (tertiary alicyclic amines) is 1. The lowest BCUT2D eigenvalue weighted by molar-refractivity contribution is -0.0686. The van der Waals surface area contributed by atoms with Gasteiger partial charge in [0, 0.05) is 36.8 Å². The van der Waals surface area contributed by atoms with Gasteiger partial charge in [-0.15, -0.1) is 0 Å². The minimum atomic E-state index is -1.63. The standard InChI is InChI=1S/C23H26ClF2N5O/c1-16(30-10-8-18(9-11-30)29-22-5-3-2-4-20(22)24)23(32,13-31-15-27-14-28-31)19-7-6-17(25)12-21(19)26/h2-7,12,14-16,18,29,32H,8-11,13H2,1H3/t16-,23?/m1/s1. The molecule has 3 aromatic rings. The van der Waals surface area contributed by atoms with Crippen molar-refractivity contribution in [2.45, 2.75) is 44.0 Å². The Morgan fingerprint density at radius 1 is 1.22 bits per heavy atom. The molecule has 0 aliphatic carbocycles. The van der Waals surface area contributed by atoms with Crippen LogP contribution < -0.4 is 5.32 Å². The number of benzene rings is 2. The largest absolute Gasteiger partial charge is 0.381 e. The second-order valence-corrected chi connectivity index (χ2v) is 8.66. The van der Waals surface area contributed by atoms with Crippen LogP contribution in [0.15, 0.2) is 55.1 Å². The maximum atomic E-state index is 14.8. The van der Waals surface area contributed by atoms with E-state index in [0.29, 0.717) is 18.1 Å². The van der Waals surface area contributed by atoms with Gasteiger partial charge in [0.2, 0.25) is 0 Å². The number of para-hydroxylation sites is 1. The molecule has 1 aliphatic rings. The van der Waals surface area contributed by atoms with Crippen molar-refractivity contribution in [1.82, 2.24) is 19.7 Å². The maximum absolute atomic E-state index is 14.8. The molecular weight excluding hydrogens is 436 g/mol. The van der Waals surface area contributed by atoms with Crippen LogP contribution in [-0.4, -0.2) is 49.9 Å². The number of nitrogens with zero attached hydrogens (tertiary/aromatic N) is 4. The van der Waals surface area contributed by atoms with Crippen LogP contribution in [0.2, 0.25) is 5.02 Å². The van der Waals surface area contributed by atoms with E-state index in [1.54, 1.807) is 0 Å². The number of rotatable bonds is 7. The highest BCUT2D eigenvalue weighted by Crippen LogP contribution is 2.34. The zero-order valence-corrected chi connectivity index (χ0v) is 18.5. The molecule has 0 saturated carbocycles. The van der Waals surface area contributed by atoms with Crippen molar-refractivity contribution in [2.75, 3.05) is 18.4 Å². The molecule has 9 heteroatoms. The molecule has 1 aliphatic heterocycles. The van der Waals surface area contributed by atoms with Gasteiger partial charge in [0.1, 0.15) is 29.9 Å². The molecule has 2 heterocycles. The Bertz CT molecular complexity index is 1040. The van der Waals surface area contributed by atoms with Crippen molar-refractivity contribution in [1.29, 1.82) is 0 Å². The summed E-state index contributed by atoms with van der Waals surface area (Å²) in [4.78, 5) is 6.05. The SMILES string of the molecule is C[C@@H](N1CCC(Nc2ccccc2Cl)CC1)C(O)(Cn1cncn1)c1ccc(F)cc1F. The lowest BCUT2D eigenvalue weighted by atomic mass is 9.84. The van der Waals surface area contributed by atoms with Gasteiger partial charge in [0.05, 0.1) is 17.3 Å². The van der Waals surface area contributed by atoms with Gasteiger partial charge in [-0.25, -0.2) is 18.4 Å². The van der Waals surface area contributed by atoms with E-state index < -0.39 is 23.3 Å². The van der Waals surface area contributed by atoms with E-state index in [-0.39, 0.29) is 18.2 Å². The molecule has 1 fully saturated rings. The third kappa shape index (κ3) is 4.77. The smallest absolute Gasteiger partial charge is 0.137 e. The molecule has 0 amide bonds. The highest BCUT2D eigenvalue weighted by Gasteiger charge is 2.42. The van der Waals surface area contributed by atoms with E-state index in [1.165, 1.54) is 23.4 Å². The minimum Gasteiger partial charge on any atom is -0.381 e. The normalized spacial score (nSPS) is 18.3. The lowest BCUT2D eigenvalue weighted by Crippen LogP contribution is -2.55. The molecule has 1 unspecified atom stereocenters. The number of hydrogen-bond acceptors (Lipinski definition) is 5. The molecule has 2 atom stereocenters. The van der Waals surface area contributed by atoms with Gasteiger partial charge in [-0.2, -0.15) is 5.10 Å². The second-order valence-electron chi connectivity index (χ2n) is 8.25. The predicted octanol–water partition coefficient (Wildman–Crippen LogP) is 4.06. The first-order chi connectivity index (χ1) is 15.4. The summed E-state index contributed by atoms with van der Waals surface area (Å²) in [5, 5.41) is 20.0. The summed E-state index contributed by atoms with van der Waals surface area (Å²) >= 11 is 6.26. The molecular formula is C23H26ClF2N5O. The van der Waals surface area contributed by atoms with Crippen LogP contribution in [0, 0.1) is 11.6 Å². The molecule has 32 heavy (non-hydrogen) atoms. The van der Waals surface area contributed by atoms with Gasteiger partial charge in [-0.1, -0.05) is 29.8 Å². The quantitative estimate of drug-likeness (QED) is 0.555. The zero-order chi connectivity index (χ0) is 22.7. The monoisotopic (exact) mass is 461 g/mol. The average molecular weight is 462 g/mol.